The number of aliphatic hydroxyl groups excluding tert-OH is 4. The molecule has 0 radical (unpaired) electrons. The highest BCUT2D eigenvalue weighted by Crippen LogP contribution is 2.49. The zero-order chi connectivity index (χ0) is 31.0. The van der Waals surface area contributed by atoms with Crippen molar-refractivity contribution in [1.82, 2.24) is 0 Å². The molecule has 2 heterocycles. The van der Waals surface area contributed by atoms with Gasteiger partial charge in [-0.1, -0.05) is 19.1 Å². The summed E-state index contributed by atoms with van der Waals surface area (Å²) in [5, 5.41) is 73.6. The number of benzene rings is 1. The number of hydrogen-bond donors (Lipinski definition) is 7. The second-order valence-electron chi connectivity index (χ2n) is 11.9. The SMILES string of the molecule is CC1C(CO)OC(OCCC2(Cc3cc4cc5c(ccc(O)c5c3=O)C3C(O)CC(=C4)C3(O)O)C(=O)OC2=O)C(O)C1O. The first-order valence-electron chi connectivity index (χ1n) is 14.0. The molecule has 1 saturated carbocycles. The van der Waals surface area contributed by atoms with Crippen molar-refractivity contribution in [3.05, 3.63) is 56.8 Å². The zero-order valence-corrected chi connectivity index (χ0v) is 23.0. The maximum atomic E-state index is 13.9. The van der Waals surface area contributed by atoms with E-state index in [1.54, 1.807) is 13.0 Å². The van der Waals surface area contributed by atoms with E-state index in [2.05, 4.69) is 4.74 Å². The minimum Gasteiger partial charge on any atom is -0.507 e. The number of rotatable bonds is 7. The van der Waals surface area contributed by atoms with Gasteiger partial charge in [-0.3, -0.25) is 14.4 Å². The predicted molar refractivity (Wildman–Crippen MR) is 145 cm³/mol. The van der Waals surface area contributed by atoms with Crippen molar-refractivity contribution in [1.29, 1.82) is 0 Å². The van der Waals surface area contributed by atoms with E-state index in [1.807, 2.05) is 0 Å². The van der Waals surface area contributed by atoms with Gasteiger partial charge in [-0.2, -0.15) is 0 Å². The topological polar surface area (TPSA) is 221 Å². The fourth-order valence-electron chi connectivity index (χ4n) is 6.74. The maximum Gasteiger partial charge on any atom is 0.331 e. The monoisotopic (exact) mass is 600 g/mol. The number of esters is 2. The molecule has 4 bridgehead atoms. The van der Waals surface area contributed by atoms with E-state index in [-0.39, 0.29) is 46.9 Å². The highest BCUT2D eigenvalue weighted by Gasteiger charge is 2.59. The van der Waals surface area contributed by atoms with Gasteiger partial charge in [0.15, 0.2) is 22.9 Å². The molecule has 230 valence electrons. The first-order chi connectivity index (χ1) is 20.3. The van der Waals surface area contributed by atoms with Crippen LogP contribution in [0.2, 0.25) is 0 Å². The van der Waals surface area contributed by atoms with E-state index >= 15 is 0 Å². The molecule has 7 atom stereocenters. The molecule has 3 fully saturated rings. The van der Waals surface area contributed by atoms with Gasteiger partial charge in [0.05, 0.1) is 42.8 Å². The third-order valence-electron chi connectivity index (χ3n) is 9.34. The number of carbonyl (C=O) groups is 2. The van der Waals surface area contributed by atoms with Crippen molar-refractivity contribution in [3.8, 4) is 5.75 Å². The standard InChI is InChI=1S/C30H32O13/c1-12-20(11-31)42-26(25(36)23(12)34)41-5-4-29(27(37)43-28(29)38)10-14-6-13-7-15-9-19(33)22(30(15,39)40)16-2-3-18(32)21(24(14)35)17(16)8-13/h2-3,6-8,12,19-20,22-23,25-26,31-34,36,39-40H,4-5,9-11H2,1H3. The summed E-state index contributed by atoms with van der Waals surface area (Å²) in [6, 6.07) is 5.58. The van der Waals surface area contributed by atoms with E-state index < -0.39 is 89.9 Å². The molecule has 2 aliphatic carbocycles. The van der Waals surface area contributed by atoms with Crippen molar-refractivity contribution >= 4 is 28.8 Å². The van der Waals surface area contributed by atoms with Crippen molar-refractivity contribution in [2.45, 2.75) is 68.6 Å². The van der Waals surface area contributed by atoms with Gasteiger partial charge in [0.2, 0.25) is 0 Å². The fourth-order valence-corrected chi connectivity index (χ4v) is 6.74. The lowest BCUT2D eigenvalue weighted by molar-refractivity contribution is -0.289. The molecule has 2 aromatic carbocycles. The largest absolute Gasteiger partial charge is 0.507 e. The number of phenolic OH excluding ortho intramolecular Hbond substituents is 1. The summed E-state index contributed by atoms with van der Waals surface area (Å²) in [4.78, 5) is 39.6. The number of phenols is 1. The number of hydrogen-bond acceptors (Lipinski definition) is 13. The second kappa shape index (κ2) is 10.4. The molecule has 2 saturated heterocycles. The van der Waals surface area contributed by atoms with E-state index in [9.17, 15) is 50.1 Å². The lowest BCUT2D eigenvalue weighted by Crippen LogP contribution is -2.57. The number of aliphatic hydroxyl groups is 6. The Labute approximate surface area is 244 Å². The van der Waals surface area contributed by atoms with Gasteiger partial charge in [0, 0.05) is 24.3 Å². The van der Waals surface area contributed by atoms with Gasteiger partial charge >= 0.3 is 11.9 Å². The third kappa shape index (κ3) is 4.50. The minimum absolute atomic E-state index is 0.0438. The molecule has 43 heavy (non-hydrogen) atoms. The van der Waals surface area contributed by atoms with Crippen LogP contribution in [-0.2, 0) is 30.2 Å². The quantitative estimate of drug-likeness (QED) is 0.114. The van der Waals surface area contributed by atoms with E-state index in [0.29, 0.717) is 5.56 Å². The summed E-state index contributed by atoms with van der Waals surface area (Å²) in [7, 11) is 0. The number of aromatic hydroxyl groups is 1. The van der Waals surface area contributed by atoms with E-state index in [1.165, 1.54) is 24.3 Å². The number of cyclic esters (lactones) is 2. The van der Waals surface area contributed by atoms with Crippen molar-refractivity contribution in [3.63, 3.8) is 0 Å². The molecule has 2 aliphatic heterocycles. The number of carbonyl (C=O) groups excluding carboxylic acids is 2. The van der Waals surface area contributed by atoms with Crippen LogP contribution < -0.4 is 5.43 Å². The average molecular weight is 601 g/mol. The van der Waals surface area contributed by atoms with Crippen LogP contribution in [0, 0.1) is 11.3 Å². The van der Waals surface area contributed by atoms with Gasteiger partial charge in [-0.15, -0.1) is 0 Å². The van der Waals surface area contributed by atoms with E-state index in [4.69, 9.17) is 9.47 Å². The van der Waals surface area contributed by atoms with Crippen LogP contribution in [0.4, 0.5) is 0 Å². The molecule has 13 nitrogen and oxygen atoms in total. The summed E-state index contributed by atoms with van der Waals surface area (Å²) in [5.41, 5.74) is -1.96. The summed E-state index contributed by atoms with van der Waals surface area (Å²) >= 11 is 0. The minimum atomic E-state index is -2.43. The Morgan fingerprint density at radius 2 is 1.77 bits per heavy atom. The molecule has 2 aromatic rings. The summed E-state index contributed by atoms with van der Waals surface area (Å²) < 4.78 is 15.8. The third-order valence-corrected chi connectivity index (χ3v) is 9.34. The van der Waals surface area contributed by atoms with Crippen LogP contribution in [0.25, 0.3) is 16.8 Å². The van der Waals surface area contributed by atoms with Gasteiger partial charge in [0.1, 0.15) is 11.9 Å². The Kier molecular flexibility index (Phi) is 7.22. The molecule has 13 heteroatoms. The van der Waals surface area contributed by atoms with Crippen LogP contribution >= 0.6 is 0 Å². The molecular formula is C30H32O13. The Morgan fingerprint density at radius 1 is 1.05 bits per heavy atom. The summed E-state index contributed by atoms with van der Waals surface area (Å²) in [5.74, 6) is -6.46. The van der Waals surface area contributed by atoms with Crippen LogP contribution in [0.5, 0.6) is 5.75 Å². The summed E-state index contributed by atoms with van der Waals surface area (Å²) in [6.45, 7) is 0.817. The lowest BCUT2D eigenvalue weighted by atomic mass is 9.75. The van der Waals surface area contributed by atoms with Crippen LogP contribution in [0.15, 0.2) is 34.6 Å². The van der Waals surface area contributed by atoms with Gasteiger partial charge < -0.3 is 50.0 Å². The highest BCUT2D eigenvalue weighted by molar-refractivity contribution is 6.14. The maximum absolute atomic E-state index is 13.9. The lowest BCUT2D eigenvalue weighted by Gasteiger charge is -2.41. The van der Waals surface area contributed by atoms with Crippen molar-refractivity contribution in [2.75, 3.05) is 13.2 Å². The van der Waals surface area contributed by atoms with Crippen LogP contribution in [-0.4, -0.2) is 97.4 Å². The molecule has 6 rings (SSSR count). The van der Waals surface area contributed by atoms with Gasteiger partial charge in [-0.25, -0.2) is 0 Å². The summed E-state index contributed by atoms with van der Waals surface area (Å²) in [6.07, 6.45) is -5.47. The Hall–Kier alpha value is -3.27. The zero-order valence-electron chi connectivity index (χ0n) is 23.0. The van der Waals surface area contributed by atoms with Crippen LogP contribution in [0.1, 0.15) is 42.4 Å². The Balaban J connectivity index is 1.37. The molecule has 0 aromatic heterocycles. The van der Waals surface area contributed by atoms with Crippen molar-refractivity contribution in [2.24, 2.45) is 11.3 Å². The fraction of sp³-hybridized carbons (Fsp3) is 0.500. The first kappa shape index (κ1) is 29.8. The molecule has 7 unspecified atom stereocenters. The average Bonchev–Trinajstić information content (AvgIpc) is 3.11. The molecule has 7 N–H and O–H groups in total. The van der Waals surface area contributed by atoms with E-state index in [0.717, 1.165) is 0 Å². The molecule has 0 amide bonds. The van der Waals surface area contributed by atoms with Gasteiger partial charge in [0.25, 0.3) is 0 Å². The molecular weight excluding hydrogens is 568 g/mol. The first-order valence-corrected chi connectivity index (χ1v) is 14.0. The second-order valence-corrected chi connectivity index (χ2v) is 11.9. The van der Waals surface area contributed by atoms with Crippen LogP contribution in [0.3, 0.4) is 0 Å². The molecule has 4 aliphatic rings. The Bertz CT molecular complexity index is 1580. The predicted octanol–water partition coefficient (Wildman–Crippen LogP) is -1.07. The Morgan fingerprint density at radius 3 is 2.44 bits per heavy atom. The highest BCUT2D eigenvalue weighted by atomic mass is 16.7. The normalized spacial score (nSPS) is 32.2. The number of ether oxygens (including phenoxy) is 3. The smallest absolute Gasteiger partial charge is 0.331 e. The van der Waals surface area contributed by atoms with Gasteiger partial charge in [-0.05, 0) is 46.7 Å². The number of fused-ring (bicyclic) bond motifs is 4. The van der Waals surface area contributed by atoms with Crippen molar-refractivity contribution < 1.29 is 59.5 Å². The molecule has 0 spiro atoms.